The highest BCUT2D eigenvalue weighted by Crippen LogP contribution is 2.23. The highest BCUT2D eigenvalue weighted by Gasteiger charge is 2.41. The number of unbranched alkanes of at least 4 members (excludes halogenated alkanes) is 11. The summed E-state index contributed by atoms with van der Waals surface area (Å²) in [6.07, 6.45) is 8.52. The summed E-state index contributed by atoms with van der Waals surface area (Å²) in [6, 6.07) is -0.133. The number of nitrogens with one attached hydrogen (secondary N) is 11. The molecule has 0 radical (unpaired) electrons. The zero-order valence-electron chi connectivity index (χ0n) is 66.4. The van der Waals surface area contributed by atoms with Gasteiger partial charge in [0, 0.05) is 55.7 Å². The van der Waals surface area contributed by atoms with Gasteiger partial charge in [0.1, 0.15) is 66.5 Å². The molecule has 3 aromatic rings. The lowest BCUT2D eigenvalue weighted by atomic mass is 9.96. The molecule has 0 unspecified atom stereocenters. The average Bonchev–Trinajstić information content (AvgIpc) is 1.78. The van der Waals surface area contributed by atoms with Crippen LogP contribution in [0.5, 0.6) is 0 Å². The van der Waals surface area contributed by atoms with Gasteiger partial charge in [-0.25, -0.2) is 9.59 Å². The van der Waals surface area contributed by atoms with Gasteiger partial charge in [0.05, 0.1) is 25.2 Å². The lowest BCUT2D eigenvalue weighted by Gasteiger charge is -2.30. The van der Waals surface area contributed by atoms with Gasteiger partial charge in [-0.2, -0.15) is 0 Å². The van der Waals surface area contributed by atoms with Crippen LogP contribution >= 0.6 is 0 Å². The van der Waals surface area contributed by atoms with Gasteiger partial charge >= 0.3 is 11.9 Å². The molecule has 628 valence electrons. The van der Waals surface area contributed by atoms with Gasteiger partial charge in [-0.3, -0.25) is 62.3 Å². The number of aliphatic hydroxyl groups excluding tert-OH is 3. The molecule has 20 N–H and O–H groups in total. The van der Waals surface area contributed by atoms with Crippen molar-refractivity contribution in [3.63, 3.8) is 0 Å². The minimum absolute atomic E-state index is 0.0327. The number of nitrogens with two attached hydrogens (primary N) is 2. The van der Waals surface area contributed by atoms with Crippen molar-refractivity contribution >= 4 is 99.6 Å². The molecule has 13 amide bonds. The van der Waals surface area contributed by atoms with Gasteiger partial charge in [-0.15, -0.1) is 0 Å². The van der Waals surface area contributed by atoms with E-state index in [0.717, 1.165) is 68.7 Å². The minimum atomic E-state index is -1.70. The molecule has 0 spiro atoms. The van der Waals surface area contributed by atoms with Crippen LogP contribution in [0.3, 0.4) is 0 Å². The molecule has 1 aliphatic rings. The maximum atomic E-state index is 14.2. The van der Waals surface area contributed by atoms with Crippen molar-refractivity contribution in [2.75, 3.05) is 13.2 Å². The third kappa shape index (κ3) is 33.6. The molecule has 34 heteroatoms. The summed E-state index contributed by atoms with van der Waals surface area (Å²) in [5.41, 5.74) is 12.9. The highest BCUT2D eigenvalue weighted by atomic mass is 16.4. The molecule has 0 saturated carbocycles. The number of hydrogen-bond acceptors (Lipinski definition) is 18. The Morgan fingerprint density at radius 2 is 0.920 bits per heavy atom. The fourth-order valence-electron chi connectivity index (χ4n) is 13.3. The first-order valence-electron chi connectivity index (χ1n) is 39.5. The molecule has 1 aliphatic heterocycles. The molecule has 1 fully saturated rings. The summed E-state index contributed by atoms with van der Waals surface area (Å²) in [4.78, 5) is 204. The lowest BCUT2D eigenvalue weighted by Crippen LogP contribution is -2.62. The number of benzene rings is 2. The fraction of sp³-hybridized carbons (Fsp3) is 0.633. The minimum Gasteiger partial charge on any atom is -0.480 e. The SMILES string of the molecule is CC[C@H](C)[C@H](NC(=O)[C@H](CCC(N)=O)NC(=O)[C@@H]1CCCN1C(=O)CCCCCCCCCCCCCCC(=O)N[C@@H](CO)C(=O)N[C@H](C(=O)N[C@@H](CC(C)C)C(=O)N[C@@H](CC(N)=O)C(=O)N[C@@H](Cc1ccccc1)C(=O)O)[C@@H](C)O)C(=O)N[C@H](C(=O)N[C@@H](CC(C)C)C(=O)N[C@@H](Cc1c[nH]c2ccccc12)C(=O)O)[C@@H](C)O. The molecule has 2 aromatic carbocycles. The van der Waals surface area contributed by atoms with E-state index in [1.807, 2.05) is 18.2 Å². The first-order chi connectivity index (χ1) is 53.5. The largest absolute Gasteiger partial charge is 0.480 e. The van der Waals surface area contributed by atoms with E-state index in [2.05, 4.69) is 58.2 Å². The Kier molecular flexibility index (Phi) is 41.7. The smallest absolute Gasteiger partial charge is 0.326 e. The second-order valence-corrected chi connectivity index (χ2v) is 30.3. The van der Waals surface area contributed by atoms with Crippen LogP contribution in [0.2, 0.25) is 0 Å². The topological polar surface area (TPSA) is 549 Å². The Labute approximate surface area is 659 Å². The van der Waals surface area contributed by atoms with Crippen molar-refractivity contribution in [3.8, 4) is 0 Å². The number of carboxylic acids is 2. The number of aromatic amines is 1. The molecular weight excluding hydrogens is 1460 g/mol. The summed E-state index contributed by atoms with van der Waals surface area (Å²) < 4.78 is 0. The molecule has 14 atom stereocenters. The van der Waals surface area contributed by atoms with Gasteiger partial charge in [-0.1, -0.05) is 161 Å². The average molecular weight is 1590 g/mol. The molecule has 34 nitrogen and oxygen atoms in total. The zero-order valence-corrected chi connectivity index (χ0v) is 66.4. The van der Waals surface area contributed by atoms with Crippen molar-refractivity contribution in [3.05, 3.63) is 71.9 Å². The number of aliphatic hydroxyl groups is 3. The maximum Gasteiger partial charge on any atom is 0.326 e. The summed E-state index contributed by atoms with van der Waals surface area (Å²) in [5.74, 6) is -14.5. The normalized spacial score (nSPS) is 16.2. The number of likely N-dealkylation sites (tertiary alicyclic amines) is 1. The molecule has 0 aliphatic carbocycles. The van der Waals surface area contributed by atoms with Crippen LogP contribution in [-0.4, -0.2) is 216 Å². The molecule has 113 heavy (non-hydrogen) atoms. The Morgan fingerprint density at radius 3 is 1.42 bits per heavy atom. The summed E-state index contributed by atoms with van der Waals surface area (Å²) in [6.45, 7) is 12.3. The van der Waals surface area contributed by atoms with Crippen molar-refractivity contribution in [2.45, 2.75) is 288 Å². The van der Waals surface area contributed by atoms with Crippen LogP contribution in [0.15, 0.2) is 60.8 Å². The molecular formula is C79H122N14O20. The van der Waals surface area contributed by atoms with E-state index in [0.29, 0.717) is 56.2 Å². The van der Waals surface area contributed by atoms with Crippen molar-refractivity contribution in [2.24, 2.45) is 29.2 Å². The number of H-pyrrole nitrogens is 1. The van der Waals surface area contributed by atoms with E-state index in [4.69, 9.17) is 11.5 Å². The van der Waals surface area contributed by atoms with Crippen LogP contribution in [0.25, 0.3) is 10.9 Å². The molecule has 1 aromatic heterocycles. The Hall–Kier alpha value is -10.1. The number of carbonyl (C=O) groups is 15. The molecule has 0 bridgehead atoms. The van der Waals surface area contributed by atoms with E-state index < -0.39 is 180 Å². The first-order valence-corrected chi connectivity index (χ1v) is 39.5. The second kappa shape index (κ2) is 49.4. The predicted molar refractivity (Wildman–Crippen MR) is 417 cm³/mol. The maximum absolute atomic E-state index is 14.2. The van der Waals surface area contributed by atoms with Crippen LogP contribution in [0, 0.1) is 17.8 Å². The number of aliphatic carboxylic acids is 2. The number of nitrogens with zero attached hydrogens (tertiary/aromatic N) is 1. The summed E-state index contributed by atoms with van der Waals surface area (Å²) >= 11 is 0. The number of carboxylic acid groups (broad SMARTS) is 2. The fourth-order valence-corrected chi connectivity index (χ4v) is 13.3. The number of para-hydroxylation sites is 1. The van der Waals surface area contributed by atoms with Crippen LogP contribution in [0.4, 0.5) is 0 Å². The third-order valence-corrected chi connectivity index (χ3v) is 19.8. The van der Waals surface area contributed by atoms with E-state index in [9.17, 15) is 97.5 Å². The monoisotopic (exact) mass is 1590 g/mol. The number of hydrogen-bond donors (Lipinski definition) is 18. The first kappa shape index (κ1) is 95.3. The molecule has 4 rings (SSSR count). The van der Waals surface area contributed by atoms with Gasteiger partial charge < -0.3 is 100 Å². The van der Waals surface area contributed by atoms with Crippen molar-refractivity contribution in [1.29, 1.82) is 0 Å². The predicted octanol–water partition coefficient (Wildman–Crippen LogP) is 1.46. The molecule has 2 heterocycles. The quantitative estimate of drug-likeness (QED) is 0.0356. The lowest BCUT2D eigenvalue weighted by molar-refractivity contribution is -0.143. The summed E-state index contributed by atoms with van der Waals surface area (Å²) in [7, 11) is 0. The Balaban J connectivity index is 1.17. The van der Waals surface area contributed by atoms with Crippen LogP contribution in [-0.2, 0) is 84.8 Å². The van der Waals surface area contributed by atoms with Gasteiger partial charge in [0.25, 0.3) is 0 Å². The second-order valence-electron chi connectivity index (χ2n) is 30.3. The van der Waals surface area contributed by atoms with Crippen molar-refractivity contribution < 1.29 is 97.5 Å². The van der Waals surface area contributed by atoms with Crippen molar-refractivity contribution in [1.82, 2.24) is 63.1 Å². The van der Waals surface area contributed by atoms with Gasteiger partial charge in [0.2, 0.25) is 76.8 Å². The van der Waals surface area contributed by atoms with Crippen LogP contribution < -0.4 is 64.6 Å². The number of primary amides is 2. The number of fused-ring (bicyclic) bond motifs is 1. The van der Waals surface area contributed by atoms with Crippen LogP contribution in [0.1, 0.15) is 208 Å². The van der Waals surface area contributed by atoms with Gasteiger partial charge in [0.15, 0.2) is 0 Å². The van der Waals surface area contributed by atoms with Gasteiger partial charge in [-0.05, 0) is 93.7 Å². The third-order valence-electron chi connectivity index (χ3n) is 19.8. The molecule has 1 saturated heterocycles. The summed E-state index contributed by atoms with van der Waals surface area (Å²) in [5, 5.41) is 77.3. The number of carbonyl (C=O) groups excluding carboxylic acids is 13. The van der Waals surface area contributed by atoms with E-state index in [-0.39, 0.29) is 69.1 Å². The Morgan fingerprint density at radius 1 is 0.478 bits per heavy atom. The van der Waals surface area contributed by atoms with E-state index >= 15 is 0 Å². The van der Waals surface area contributed by atoms with E-state index in [1.165, 1.54) is 18.7 Å². The number of rotatable bonds is 54. The zero-order chi connectivity index (χ0) is 84.0. The Bertz CT molecular complexity index is 3650. The number of aromatic nitrogens is 1. The van der Waals surface area contributed by atoms with E-state index in [1.54, 1.807) is 84.1 Å². The highest BCUT2D eigenvalue weighted by molar-refractivity contribution is 6.00. The standard InChI is InChI=1S/C79H122N14O20/c1-9-47(6)66(75(107)92-68(49(8)96)77(109)87-56(39-46(4)5)71(103)89-59(79(112)113)41-51-43-82-53-31-26-25-30-52(51)53)90-69(101)54(35-36-62(80)97)84-74(106)61-32-27-37-93(61)65(100)34-24-19-17-15-13-11-10-12-14-16-18-23-33-64(99)83-60(44-94)73(105)91-67(48(7)95)76(108)86-55(38-45(2)3)70(102)85-57(42-63(81)98)72(104)88-58(78(110)111)40-50-28-21-20-22-29-50/h20-22,25-26,28-31,43,45-49,54-61,66-68,82,94-96H,9-19,23-24,27,32-42,44H2,1-8H3,(H2,80,97)(H2,81,98)(H,83,99)(H,84,106)(H,85,102)(H,86,108)(H,87,109)(H,88,104)(H,89,103)(H,90,101)(H,91,105)(H,92,107)(H,110,111)(H,112,113)/t47-,48+,49+,54-,55-,56-,57-,58-,59-,60-,61-,66-,67-,68-/m0/s1. The number of amides is 13.